The van der Waals surface area contributed by atoms with Gasteiger partial charge in [-0.3, -0.25) is 4.79 Å². The number of nitrogens with one attached hydrogen (secondary N) is 2. The van der Waals surface area contributed by atoms with Gasteiger partial charge in [0.05, 0.1) is 7.11 Å². The van der Waals surface area contributed by atoms with Crippen molar-refractivity contribution >= 4 is 27.3 Å². The molecule has 0 aromatic heterocycles. The quantitative estimate of drug-likeness (QED) is 0.671. The molecule has 0 unspecified atom stereocenters. The fraction of sp³-hybridized carbons (Fsp3) is 0.278. The van der Waals surface area contributed by atoms with Crippen molar-refractivity contribution in [2.75, 3.05) is 18.2 Å². The SMILES string of the molecule is COc1ccc(C(=O)Nc2cc(N)ccc2C)cc1S(=O)(=O)NC1CC1. The number of methoxy groups -OCH3 is 1. The van der Waals surface area contributed by atoms with Crippen molar-refractivity contribution in [2.45, 2.75) is 30.7 Å². The van der Waals surface area contributed by atoms with Gasteiger partial charge in [-0.15, -0.1) is 0 Å². The van der Waals surface area contributed by atoms with Crippen molar-refractivity contribution in [2.24, 2.45) is 0 Å². The summed E-state index contributed by atoms with van der Waals surface area (Å²) in [7, 11) is -2.37. The van der Waals surface area contributed by atoms with Gasteiger partial charge in [0.15, 0.2) is 0 Å². The van der Waals surface area contributed by atoms with Gasteiger partial charge in [-0.05, 0) is 55.7 Å². The number of rotatable bonds is 6. The fourth-order valence-electron chi connectivity index (χ4n) is 2.48. The number of hydrogen-bond acceptors (Lipinski definition) is 5. The van der Waals surface area contributed by atoms with Gasteiger partial charge in [0, 0.05) is 23.0 Å². The van der Waals surface area contributed by atoms with E-state index in [0.29, 0.717) is 11.4 Å². The van der Waals surface area contributed by atoms with Crippen molar-refractivity contribution in [1.29, 1.82) is 0 Å². The van der Waals surface area contributed by atoms with E-state index in [1.807, 2.05) is 6.92 Å². The first kappa shape index (κ1) is 18.2. The minimum absolute atomic E-state index is 0.0443. The van der Waals surface area contributed by atoms with Crippen LogP contribution in [0.15, 0.2) is 41.3 Å². The molecule has 2 aromatic rings. The number of carbonyl (C=O) groups is 1. The normalized spacial score (nSPS) is 14.1. The minimum Gasteiger partial charge on any atom is -0.495 e. The summed E-state index contributed by atoms with van der Waals surface area (Å²) < 4.78 is 32.9. The van der Waals surface area contributed by atoms with Crippen molar-refractivity contribution in [3.05, 3.63) is 47.5 Å². The van der Waals surface area contributed by atoms with Crippen LogP contribution in [0.25, 0.3) is 0 Å². The lowest BCUT2D eigenvalue weighted by Crippen LogP contribution is -2.26. The zero-order chi connectivity index (χ0) is 18.9. The Kier molecular flexibility index (Phi) is 4.88. The highest BCUT2D eigenvalue weighted by atomic mass is 32.2. The molecule has 3 rings (SSSR count). The summed E-state index contributed by atoms with van der Waals surface area (Å²) in [6, 6.07) is 9.47. The summed E-state index contributed by atoms with van der Waals surface area (Å²) in [5.41, 5.74) is 7.92. The molecule has 0 bridgehead atoms. The molecule has 1 amide bonds. The van der Waals surface area contributed by atoms with Gasteiger partial charge in [0.1, 0.15) is 10.6 Å². The van der Waals surface area contributed by atoms with Crippen LogP contribution in [-0.4, -0.2) is 27.5 Å². The van der Waals surface area contributed by atoms with Crippen LogP contribution in [0.2, 0.25) is 0 Å². The molecule has 0 radical (unpaired) electrons. The maximum atomic E-state index is 12.6. The molecule has 7 nitrogen and oxygen atoms in total. The number of nitrogen functional groups attached to an aromatic ring is 1. The van der Waals surface area contributed by atoms with Gasteiger partial charge in [0.2, 0.25) is 10.0 Å². The molecule has 0 heterocycles. The Balaban J connectivity index is 1.91. The second kappa shape index (κ2) is 6.97. The first-order valence-electron chi connectivity index (χ1n) is 8.18. The lowest BCUT2D eigenvalue weighted by atomic mass is 10.1. The third kappa shape index (κ3) is 3.97. The van der Waals surface area contributed by atoms with Crippen LogP contribution in [-0.2, 0) is 10.0 Å². The number of anilines is 2. The summed E-state index contributed by atoms with van der Waals surface area (Å²) in [6.45, 7) is 1.85. The molecule has 1 aliphatic carbocycles. The van der Waals surface area contributed by atoms with E-state index in [0.717, 1.165) is 18.4 Å². The Hall–Kier alpha value is -2.58. The zero-order valence-corrected chi connectivity index (χ0v) is 15.4. The smallest absolute Gasteiger partial charge is 0.255 e. The fourth-order valence-corrected chi connectivity index (χ4v) is 3.98. The number of hydrogen-bond donors (Lipinski definition) is 3. The van der Waals surface area contributed by atoms with Crippen LogP contribution >= 0.6 is 0 Å². The average molecular weight is 375 g/mol. The van der Waals surface area contributed by atoms with Gasteiger partial charge in [-0.2, -0.15) is 0 Å². The zero-order valence-electron chi connectivity index (χ0n) is 14.6. The molecule has 1 saturated carbocycles. The highest BCUT2D eigenvalue weighted by Crippen LogP contribution is 2.29. The van der Waals surface area contributed by atoms with Crippen LogP contribution in [0.1, 0.15) is 28.8 Å². The minimum atomic E-state index is -3.76. The van der Waals surface area contributed by atoms with Gasteiger partial charge >= 0.3 is 0 Å². The Morgan fingerprint density at radius 3 is 2.58 bits per heavy atom. The largest absolute Gasteiger partial charge is 0.495 e. The number of nitrogens with two attached hydrogens (primary N) is 1. The van der Waals surface area contributed by atoms with Gasteiger partial charge in [-0.25, -0.2) is 13.1 Å². The van der Waals surface area contributed by atoms with Crippen LogP contribution < -0.4 is 20.5 Å². The van der Waals surface area contributed by atoms with Crippen molar-refractivity contribution in [3.63, 3.8) is 0 Å². The molecular formula is C18H21N3O4S. The van der Waals surface area contributed by atoms with Crippen molar-refractivity contribution in [1.82, 2.24) is 4.72 Å². The van der Waals surface area contributed by atoms with E-state index < -0.39 is 15.9 Å². The predicted octanol–water partition coefficient (Wildman–Crippen LogP) is 2.28. The van der Waals surface area contributed by atoms with E-state index in [4.69, 9.17) is 10.5 Å². The van der Waals surface area contributed by atoms with E-state index in [-0.39, 0.29) is 22.3 Å². The first-order chi connectivity index (χ1) is 12.3. The lowest BCUT2D eigenvalue weighted by molar-refractivity contribution is 0.102. The summed E-state index contributed by atoms with van der Waals surface area (Å²) >= 11 is 0. The first-order valence-corrected chi connectivity index (χ1v) is 9.66. The van der Waals surface area contributed by atoms with E-state index in [1.165, 1.54) is 25.3 Å². The third-order valence-electron chi connectivity index (χ3n) is 4.12. The van der Waals surface area contributed by atoms with Gasteiger partial charge < -0.3 is 15.8 Å². The average Bonchev–Trinajstić information content (AvgIpc) is 3.40. The van der Waals surface area contributed by atoms with Crippen molar-refractivity contribution < 1.29 is 17.9 Å². The second-order valence-electron chi connectivity index (χ2n) is 6.29. The van der Waals surface area contributed by atoms with E-state index in [1.54, 1.807) is 18.2 Å². The molecule has 4 N–H and O–H groups in total. The highest BCUT2D eigenvalue weighted by molar-refractivity contribution is 7.89. The maximum absolute atomic E-state index is 12.6. The monoisotopic (exact) mass is 375 g/mol. The number of ether oxygens (including phenoxy) is 1. The molecule has 1 fully saturated rings. The number of amides is 1. The molecule has 0 aliphatic heterocycles. The van der Waals surface area contributed by atoms with E-state index in [9.17, 15) is 13.2 Å². The third-order valence-corrected chi connectivity index (χ3v) is 5.67. The number of carbonyl (C=O) groups excluding carboxylic acids is 1. The molecule has 138 valence electrons. The maximum Gasteiger partial charge on any atom is 0.255 e. The van der Waals surface area contributed by atoms with Crippen LogP contribution in [0.3, 0.4) is 0 Å². The summed E-state index contributed by atoms with van der Waals surface area (Å²) in [6.07, 6.45) is 1.63. The molecule has 0 spiro atoms. The van der Waals surface area contributed by atoms with Gasteiger partial charge in [-0.1, -0.05) is 6.07 Å². The van der Waals surface area contributed by atoms with Crippen LogP contribution in [0, 0.1) is 6.92 Å². The lowest BCUT2D eigenvalue weighted by Gasteiger charge is -2.13. The van der Waals surface area contributed by atoms with Crippen LogP contribution in [0.5, 0.6) is 5.75 Å². The molecule has 8 heteroatoms. The van der Waals surface area contributed by atoms with Crippen molar-refractivity contribution in [3.8, 4) is 5.75 Å². The Labute approximate surface area is 152 Å². The molecule has 26 heavy (non-hydrogen) atoms. The number of benzene rings is 2. The Morgan fingerprint density at radius 1 is 1.19 bits per heavy atom. The van der Waals surface area contributed by atoms with Gasteiger partial charge in [0.25, 0.3) is 5.91 Å². The molecular weight excluding hydrogens is 354 g/mol. The second-order valence-corrected chi connectivity index (χ2v) is 7.97. The predicted molar refractivity (Wildman–Crippen MR) is 99.9 cm³/mol. The topological polar surface area (TPSA) is 111 Å². The highest BCUT2D eigenvalue weighted by Gasteiger charge is 2.30. The van der Waals surface area contributed by atoms with E-state index in [2.05, 4.69) is 10.0 Å². The summed E-state index contributed by atoms with van der Waals surface area (Å²) in [5.74, 6) is -0.237. The Morgan fingerprint density at radius 2 is 1.92 bits per heavy atom. The summed E-state index contributed by atoms with van der Waals surface area (Å²) in [5, 5.41) is 2.76. The molecule has 1 aliphatic rings. The molecule has 2 aromatic carbocycles. The number of aryl methyl sites for hydroxylation is 1. The molecule has 0 atom stereocenters. The Bertz CT molecular complexity index is 953. The van der Waals surface area contributed by atoms with E-state index >= 15 is 0 Å². The summed E-state index contributed by atoms with van der Waals surface area (Å²) in [4.78, 5) is 12.5. The standard InChI is InChI=1S/C18H21N3O4S/c1-11-3-5-13(19)10-15(11)20-18(22)12-4-8-16(25-2)17(9-12)26(23,24)21-14-6-7-14/h3-5,8-10,14,21H,6-7,19H2,1-2H3,(H,20,22). The number of sulfonamides is 1. The van der Waals surface area contributed by atoms with Crippen LogP contribution in [0.4, 0.5) is 11.4 Å². The molecule has 0 saturated heterocycles.